The summed E-state index contributed by atoms with van der Waals surface area (Å²) >= 11 is 0. The third-order valence-corrected chi connectivity index (χ3v) is 6.32. The number of aryl methyl sites for hydroxylation is 1. The molecule has 1 aliphatic heterocycles. The van der Waals surface area contributed by atoms with E-state index in [0.717, 1.165) is 46.7 Å². The molecule has 0 bridgehead atoms. The molecule has 3 heterocycles. The smallest absolute Gasteiger partial charge is 0.263 e. The van der Waals surface area contributed by atoms with Gasteiger partial charge in [-0.3, -0.25) is 14.3 Å². The minimum absolute atomic E-state index is 0.0840. The predicted octanol–water partition coefficient (Wildman–Crippen LogP) is 4.85. The predicted molar refractivity (Wildman–Crippen MR) is 134 cm³/mol. The first-order valence-corrected chi connectivity index (χ1v) is 11.5. The molecule has 0 aliphatic carbocycles. The molecule has 2 aromatic carbocycles. The highest BCUT2D eigenvalue weighted by Crippen LogP contribution is 2.29. The second-order valence-electron chi connectivity index (χ2n) is 8.94. The molecule has 0 N–H and O–H groups in total. The Bertz CT molecular complexity index is 1440. The van der Waals surface area contributed by atoms with Gasteiger partial charge in [0.05, 0.1) is 34.9 Å². The van der Waals surface area contributed by atoms with Crippen LogP contribution in [0.2, 0.25) is 0 Å². The van der Waals surface area contributed by atoms with Crippen molar-refractivity contribution in [3.8, 4) is 23.0 Å². The van der Waals surface area contributed by atoms with Crippen molar-refractivity contribution in [2.45, 2.75) is 33.0 Å². The van der Waals surface area contributed by atoms with E-state index in [1.807, 2.05) is 37.4 Å². The quantitative estimate of drug-likeness (QED) is 0.446. The maximum atomic E-state index is 13.5. The summed E-state index contributed by atoms with van der Waals surface area (Å²) in [4.78, 5) is 20.4. The van der Waals surface area contributed by atoms with E-state index >= 15 is 0 Å². The molecule has 1 fully saturated rings. The summed E-state index contributed by atoms with van der Waals surface area (Å²) in [5, 5.41) is 10.5. The second kappa shape index (κ2) is 8.77. The van der Waals surface area contributed by atoms with Crippen molar-refractivity contribution in [1.82, 2.24) is 9.55 Å². The fraction of sp³-hybridized carbons (Fsp3) is 0.250. The van der Waals surface area contributed by atoms with Crippen LogP contribution in [0.4, 0.5) is 5.69 Å². The normalized spacial score (nSPS) is 18.1. The van der Waals surface area contributed by atoms with Crippen LogP contribution in [0.3, 0.4) is 0 Å². The number of rotatable bonds is 3. The summed E-state index contributed by atoms with van der Waals surface area (Å²) in [6.07, 6.45) is 3.93. The average Bonchev–Trinajstić information content (AvgIpc) is 2.85. The number of nitriles is 1. The Morgan fingerprint density at radius 3 is 2.26 bits per heavy atom. The summed E-state index contributed by atoms with van der Waals surface area (Å²) in [5.74, 6) is 0. The fourth-order valence-electron chi connectivity index (χ4n) is 4.81. The summed E-state index contributed by atoms with van der Waals surface area (Å²) in [6, 6.07) is 19.3. The number of anilines is 1. The number of pyridine rings is 2. The Balaban J connectivity index is 1.55. The van der Waals surface area contributed by atoms with Gasteiger partial charge in [-0.25, -0.2) is 0 Å². The van der Waals surface area contributed by atoms with Gasteiger partial charge < -0.3 is 9.64 Å². The molecule has 0 amide bonds. The van der Waals surface area contributed by atoms with Gasteiger partial charge in [-0.2, -0.15) is 5.26 Å². The van der Waals surface area contributed by atoms with Crippen LogP contribution in [-0.4, -0.2) is 34.8 Å². The minimum atomic E-state index is -0.0840. The topological polar surface area (TPSA) is 71.2 Å². The van der Waals surface area contributed by atoms with E-state index in [2.05, 4.69) is 41.9 Å². The van der Waals surface area contributed by atoms with Gasteiger partial charge in [-0.1, -0.05) is 12.1 Å². The van der Waals surface area contributed by atoms with E-state index < -0.39 is 0 Å². The fourth-order valence-corrected chi connectivity index (χ4v) is 4.81. The Labute approximate surface area is 198 Å². The molecule has 2 aromatic heterocycles. The monoisotopic (exact) mass is 450 g/mol. The molecule has 4 aromatic rings. The number of ether oxygens (including phenoxy) is 1. The van der Waals surface area contributed by atoms with Gasteiger partial charge in [0.15, 0.2) is 0 Å². The van der Waals surface area contributed by atoms with Crippen molar-refractivity contribution >= 4 is 16.5 Å². The van der Waals surface area contributed by atoms with Gasteiger partial charge in [-0.15, -0.1) is 0 Å². The molecule has 6 nitrogen and oxygen atoms in total. The van der Waals surface area contributed by atoms with Crippen LogP contribution in [-0.2, 0) is 4.74 Å². The van der Waals surface area contributed by atoms with Crippen LogP contribution in [0.5, 0.6) is 0 Å². The lowest BCUT2D eigenvalue weighted by atomic mass is 10.0. The van der Waals surface area contributed by atoms with Crippen molar-refractivity contribution in [2.24, 2.45) is 0 Å². The van der Waals surface area contributed by atoms with E-state index in [4.69, 9.17) is 10.00 Å². The van der Waals surface area contributed by atoms with Gasteiger partial charge >= 0.3 is 0 Å². The Kier molecular flexibility index (Phi) is 5.64. The summed E-state index contributed by atoms with van der Waals surface area (Å²) in [6.45, 7) is 7.89. The van der Waals surface area contributed by atoms with Gasteiger partial charge in [0.25, 0.3) is 5.56 Å². The minimum Gasteiger partial charge on any atom is -0.372 e. The molecule has 170 valence electrons. The molecule has 0 saturated carbocycles. The standard InChI is InChI=1S/C28H26N4O2/c1-18-15-32(24-10-8-23(9-11-24)31-16-19(2)34-20(3)17-31)28(33)25-12-13-30-27(26(18)25)22-6-4-21(14-29)5-7-22/h4-13,15,19-20H,16-17H2,1-3H3/t19-,20+. The number of aromatic nitrogens is 2. The third kappa shape index (κ3) is 3.95. The highest BCUT2D eigenvalue weighted by Gasteiger charge is 2.22. The maximum Gasteiger partial charge on any atom is 0.263 e. The van der Waals surface area contributed by atoms with Crippen LogP contribution in [0.1, 0.15) is 25.0 Å². The number of hydrogen-bond donors (Lipinski definition) is 0. The molecule has 0 spiro atoms. The average molecular weight is 451 g/mol. The van der Waals surface area contributed by atoms with Gasteiger partial charge in [0.1, 0.15) is 0 Å². The molecule has 0 radical (unpaired) electrons. The van der Waals surface area contributed by atoms with Gasteiger partial charge in [0.2, 0.25) is 0 Å². The zero-order chi connectivity index (χ0) is 23.8. The highest BCUT2D eigenvalue weighted by molar-refractivity contribution is 5.96. The van der Waals surface area contributed by atoms with Crippen LogP contribution < -0.4 is 10.5 Å². The lowest BCUT2D eigenvalue weighted by Crippen LogP contribution is -2.45. The van der Waals surface area contributed by atoms with E-state index in [0.29, 0.717) is 10.9 Å². The number of benzene rings is 2. The Hall–Kier alpha value is -3.95. The zero-order valence-corrected chi connectivity index (χ0v) is 19.5. The first-order valence-electron chi connectivity index (χ1n) is 11.5. The molecule has 34 heavy (non-hydrogen) atoms. The highest BCUT2D eigenvalue weighted by atomic mass is 16.5. The largest absolute Gasteiger partial charge is 0.372 e. The van der Waals surface area contributed by atoms with Gasteiger partial charge in [-0.05, 0) is 68.8 Å². The summed E-state index contributed by atoms with van der Waals surface area (Å²) in [5.41, 5.74) is 5.04. The van der Waals surface area contributed by atoms with E-state index in [-0.39, 0.29) is 17.8 Å². The van der Waals surface area contributed by atoms with Crippen molar-refractivity contribution in [3.63, 3.8) is 0 Å². The van der Waals surface area contributed by atoms with Crippen LogP contribution in [0, 0.1) is 18.3 Å². The second-order valence-corrected chi connectivity index (χ2v) is 8.94. The zero-order valence-electron chi connectivity index (χ0n) is 19.5. The summed E-state index contributed by atoms with van der Waals surface area (Å²) < 4.78 is 7.55. The summed E-state index contributed by atoms with van der Waals surface area (Å²) in [7, 11) is 0. The van der Waals surface area contributed by atoms with Crippen LogP contribution >= 0.6 is 0 Å². The molecular formula is C28H26N4O2. The van der Waals surface area contributed by atoms with E-state index in [1.165, 1.54) is 0 Å². The van der Waals surface area contributed by atoms with Crippen LogP contribution in [0.25, 0.3) is 27.7 Å². The molecule has 1 saturated heterocycles. The lowest BCUT2D eigenvalue weighted by molar-refractivity contribution is -0.00521. The molecule has 5 rings (SSSR count). The van der Waals surface area contributed by atoms with E-state index in [1.54, 1.807) is 29.0 Å². The molecular weight excluding hydrogens is 424 g/mol. The number of morpholine rings is 1. The molecule has 0 unspecified atom stereocenters. The lowest BCUT2D eigenvalue weighted by Gasteiger charge is -2.36. The van der Waals surface area contributed by atoms with Crippen LogP contribution in [0.15, 0.2) is 71.8 Å². The SMILES string of the molecule is Cc1cn(-c2ccc(N3C[C@@H](C)O[C@@H](C)C3)cc2)c(=O)c2ccnc(-c3ccc(C#N)cc3)c12. The maximum absolute atomic E-state index is 13.5. The van der Waals surface area contributed by atoms with Crippen molar-refractivity contribution in [1.29, 1.82) is 5.26 Å². The van der Waals surface area contributed by atoms with Crippen molar-refractivity contribution < 1.29 is 4.74 Å². The first kappa shape index (κ1) is 21.9. The Morgan fingerprint density at radius 1 is 0.971 bits per heavy atom. The third-order valence-electron chi connectivity index (χ3n) is 6.32. The van der Waals surface area contributed by atoms with Gasteiger partial charge in [0, 0.05) is 47.8 Å². The number of nitrogens with zero attached hydrogens (tertiary/aromatic N) is 4. The number of hydrogen-bond acceptors (Lipinski definition) is 5. The Morgan fingerprint density at radius 2 is 1.62 bits per heavy atom. The first-order chi connectivity index (χ1) is 16.4. The molecule has 2 atom stereocenters. The van der Waals surface area contributed by atoms with E-state index in [9.17, 15) is 4.79 Å². The molecule has 6 heteroatoms. The van der Waals surface area contributed by atoms with Crippen molar-refractivity contribution in [2.75, 3.05) is 18.0 Å². The number of fused-ring (bicyclic) bond motifs is 1. The van der Waals surface area contributed by atoms with Crippen molar-refractivity contribution in [3.05, 3.63) is 88.5 Å². The molecule has 1 aliphatic rings.